The van der Waals surface area contributed by atoms with E-state index < -0.39 is 0 Å². The topological polar surface area (TPSA) is 38.9 Å². The van der Waals surface area contributed by atoms with Crippen molar-refractivity contribution in [2.24, 2.45) is 0 Å². The number of rotatable bonds is 21. The fourth-order valence-electron chi connectivity index (χ4n) is 8.34. The van der Waals surface area contributed by atoms with Gasteiger partial charge in [0.2, 0.25) is 0 Å². The van der Waals surface area contributed by atoms with Gasteiger partial charge in [-0.15, -0.1) is 11.3 Å². The zero-order valence-corrected chi connectivity index (χ0v) is 32.2. The normalized spacial score (nSPS) is 13.3. The molecule has 0 radical (unpaired) electrons. The predicted octanol–water partition coefficient (Wildman–Crippen LogP) is 15.0. The number of unbranched alkanes of at least 4 members (excludes halogenated alkanes) is 14. The van der Waals surface area contributed by atoms with Gasteiger partial charge in [0.15, 0.2) is 0 Å². The summed E-state index contributed by atoms with van der Waals surface area (Å²) in [4.78, 5) is 4.86. The zero-order valence-electron chi connectivity index (χ0n) is 31.4. The number of nitrogens with two attached hydrogens (primary N) is 1. The monoisotopic (exact) mass is 696 g/mol. The number of thiazole rings is 1. The van der Waals surface area contributed by atoms with Crippen molar-refractivity contribution in [3.05, 3.63) is 107 Å². The first-order valence-corrected chi connectivity index (χ1v) is 21.1. The molecule has 0 saturated carbocycles. The molecule has 1 heterocycles. The highest BCUT2D eigenvalue weighted by Crippen LogP contribution is 2.55. The maximum absolute atomic E-state index is 6.55. The Hall–Kier alpha value is -3.69. The molecule has 1 aliphatic rings. The lowest BCUT2D eigenvalue weighted by atomic mass is 9.70. The average molecular weight is 697 g/mol. The second kappa shape index (κ2) is 18.7. The van der Waals surface area contributed by atoms with E-state index in [9.17, 15) is 0 Å². The molecule has 0 amide bonds. The van der Waals surface area contributed by atoms with Crippen LogP contribution in [-0.4, -0.2) is 4.98 Å². The fourth-order valence-corrected chi connectivity index (χ4v) is 9.32. The van der Waals surface area contributed by atoms with Crippen LogP contribution in [0.2, 0.25) is 0 Å². The number of para-hydroxylation sites is 1. The third-order valence-electron chi connectivity index (χ3n) is 11.2. The molecule has 1 aromatic heterocycles. The number of aromatic nitrogens is 1. The van der Waals surface area contributed by atoms with Gasteiger partial charge < -0.3 is 5.73 Å². The van der Waals surface area contributed by atoms with Gasteiger partial charge in [-0.2, -0.15) is 0 Å². The Labute approximate surface area is 312 Å². The molecule has 3 heteroatoms. The number of hydrogen-bond acceptors (Lipinski definition) is 3. The van der Waals surface area contributed by atoms with E-state index in [0.29, 0.717) is 0 Å². The number of fused-ring (bicyclic) bond motifs is 4. The van der Waals surface area contributed by atoms with Gasteiger partial charge in [-0.25, -0.2) is 4.98 Å². The summed E-state index contributed by atoms with van der Waals surface area (Å²) in [6.45, 7) is 4.61. The number of benzene rings is 4. The van der Waals surface area contributed by atoms with Crippen LogP contribution in [0.25, 0.3) is 44.1 Å². The van der Waals surface area contributed by atoms with Gasteiger partial charge in [-0.05, 0) is 70.5 Å². The summed E-state index contributed by atoms with van der Waals surface area (Å²) in [7, 11) is 0. The zero-order chi connectivity index (χ0) is 35.3. The van der Waals surface area contributed by atoms with Crippen LogP contribution in [0, 0.1) is 0 Å². The standard InChI is InChI=1S/C48H60N2S/c1-3-5-7-9-11-13-15-19-33-48(34-20-16-14-12-10-8-6-4-2)43-35-38(27-31-41(43)42-32-30-40(49)36-44(42)48)24-23-37-25-28-39(29-26-37)47-50-45-21-17-18-22-46(45)51-47/h17-18,21-32,35-36H,3-16,19-20,33-34,49H2,1-2H3. The highest BCUT2D eigenvalue weighted by Gasteiger charge is 2.42. The lowest BCUT2D eigenvalue weighted by molar-refractivity contribution is 0.397. The van der Waals surface area contributed by atoms with E-state index >= 15 is 0 Å². The molecule has 0 atom stereocenters. The maximum atomic E-state index is 6.55. The number of nitrogen functional groups attached to an aromatic ring is 1. The molecule has 2 nitrogen and oxygen atoms in total. The van der Waals surface area contributed by atoms with E-state index in [2.05, 4.69) is 111 Å². The summed E-state index contributed by atoms with van der Waals surface area (Å²) in [5.41, 5.74) is 18.0. The molecule has 4 aromatic carbocycles. The van der Waals surface area contributed by atoms with Crippen molar-refractivity contribution >= 4 is 39.4 Å². The molecule has 6 rings (SSSR count). The molecule has 5 aromatic rings. The first-order valence-electron chi connectivity index (χ1n) is 20.3. The van der Waals surface area contributed by atoms with E-state index in [4.69, 9.17) is 10.7 Å². The van der Waals surface area contributed by atoms with Gasteiger partial charge in [-0.1, -0.05) is 189 Å². The highest BCUT2D eigenvalue weighted by atomic mass is 32.1. The first-order chi connectivity index (χ1) is 25.1. The Morgan fingerprint density at radius 1 is 0.569 bits per heavy atom. The van der Waals surface area contributed by atoms with E-state index in [-0.39, 0.29) is 5.41 Å². The molecule has 0 aliphatic heterocycles. The van der Waals surface area contributed by atoms with Crippen LogP contribution in [-0.2, 0) is 5.41 Å². The van der Waals surface area contributed by atoms with Crippen molar-refractivity contribution in [3.8, 4) is 21.7 Å². The van der Waals surface area contributed by atoms with Crippen molar-refractivity contribution in [1.29, 1.82) is 0 Å². The molecule has 51 heavy (non-hydrogen) atoms. The molecule has 2 N–H and O–H groups in total. The smallest absolute Gasteiger partial charge is 0.124 e. The Morgan fingerprint density at radius 3 is 1.73 bits per heavy atom. The summed E-state index contributed by atoms with van der Waals surface area (Å²) < 4.78 is 1.24. The SMILES string of the molecule is CCCCCCCCCCC1(CCCCCCCCCC)c2cc(N)ccc2-c2ccc(C=Cc3ccc(-c4nc5ccccc5s4)cc3)cc21. The first kappa shape index (κ1) is 37.1. The van der Waals surface area contributed by atoms with Crippen LogP contribution in [0.3, 0.4) is 0 Å². The summed E-state index contributed by atoms with van der Waals surface area (Å²) in [6.07, 6.45) is 28.6. The van der Waals surface area contributed by atoms with Gasteiger partial charge in [0, 0.05) is 16.7 Å². The minimum absolute atomic E-state index is 0.0349. The molecule has 0 fully saturated rings. The summed E-state index contributed by atoms with van der Waals surface area (Å²) in [5.74, 6) is 0. The molecule has 0 bridgehead atoms. The van der Waals surface area contributed by atoms with Crippen molar-refractivity contribution in [1.82, 2.24) is 4.98 Å². The number of anilines is 1. The van der Waals surface area contributed by atoms with Crippen molar-refractivity contribution in [2.75, 3.05) is 5.73 Å². The molecule has 1 aliphatic carbocycles. The summed E-state index contributed by atoms with van der Waals surface area (Å²) >= 11 is 1.76. The van der Waals surface area contributed by atoms with E-state index in [1.165, 1.54) is 159 Å². The second-order valence-corrected chi connectivity index (χ2v) is 16.1. The van der Waals surface area contributed by atoms with Crippen LogP contribution in [0.1, 0.15) is 152 Å². The van der Waals surface area contributed by atoms with Gasteiger partial charge >= 0.3 is 0 Å². The molecule has 0 saturated heterocycles. The van der Waals surface area contributed by atoms with E-state index in [0.717, 1.165) is 16.2 Å². The molecular weight excluding hydrogens is 637 g/mol. The van der Waals surface area contributed by atoms with E-state index in [1.54, 1.807) is 11.3 Å². The summed E-state index contributed by atoms with van der Waals surface area (Å²) in [6, 6.07) is 31.2. The lowest BCUT2D eigenvalue weighted by Gasteiger charge is -2.33. The van der Waals surface area contributed by atoms with Gasteiger partial charge in [0.25, 0.3) is 0 Å². The molecule has 0 unspecified atom stereocenters. The number of hydrogen-bond donors (Lipinski definition) is 1. The largest absolute Gasteiger partial charge is 0.399 e. The van der Waals surface area contributed by atoms with Gasteiger partial charge in [-0.3, -0.25) is 0 Å². The van der Waals surface area contributed by atoms with Crippen molar-refractivity contribution in [2.45, 2.75) is 135 Å². The lowest BCUT2D eigenvalue weighted by Crippen LogP contribution is -2.26. The Bertz CT molecular complexity index is 1790. The van der Waals surface area contributed by atoms with Crippen molar-refractivity contribution in [3.63, 3.8) is 0 Å². The average Bonchev–Trinajstić information content (AvgIpc) is 3.70. The maximum Gasteiger partial charge on any atom is 0.124 e. The second-order valence-electron chi connectivity index (χ2n) is 15.1. The quantitative estimate of drug-likeness (QED) is 0.0471. The Balaban J connectivity index is 1.21. The fraction of sp³-hybridized carbons (Fsp3) is 0.438. The number of nitrogens with zero attached hydrogens (tertiary/aromatic N) is 1. The molecular formula is C48H60N2S. The third-order valence-corrected chi connectivity index (χ3v) is 12.3. The Kier molecular flexibility index (Phi) is 13.6. The summed E-state index contributed by atoms with van der Waals surface area (Å²) in [5, 5.41) is 1.08. The Morgan fingerprint density at radius 2 is 1.10 bits per heavy atom. The predicted molar refractivity (Wildman–Crippen MR) is 226 cm³/mol. The van der Waals surface area contributed by atoms with Crippen LogP contribution in [0.15, 0.2) is 84.9 Å². The van der Waals surface area contributed by atoms with E-state index in [1.807, 2.05) is 0 Å². The van der Waals surface area contributed by atoms with Crippen LogP contribution in [0.5, 0.6) is 0 Å². The van der Waals surface area contributed by atoms with Crippen LogP contribution in [0.4, 0.5) is 5.69 Å². The van der Waals surface area contributed by atoms with Crippen LogP contribution < -0.4 is 5.73 Å². The van der Waals surface area contributed by atoms with Crippen molar-refractivity contribution < 1.29 is 0 Å². The minimum Gasteiger partial charge on any atom is -0.399 e. The van der Waals surface area contributed by atoms with Gasteiger partial charge in [0.1, 0.15) is 5.01 Å². The molecule has 268 valence electrons. The minimum atomic E-state index is 0.0349. The third kappa shape index (κ3) is 9.41. The highest BCUT2D eigenvalue weighted by molar-refractivity contribution is 7.21. The van der Waals surface area contributed by atoms with Gasteiger partial charge in [0.05, 0.1) is 10.2 Å². The molecule has 0 spiro atoms. The van der Waals surface area contributed by atoms with Crippen LogP contribution >= 0.6 is 11.3 Å².